The van der Waals surface area contributed by atoms with Crippen molar-refractivity contribution in [2.45, 2.75) is 24.7 Å². The number of nitrogens with one attached hydrogen (secondary N) is 1. The summed E-state index contributed by atoms with van der Waals surface area (Å²) >= 11 is 0. The maximum atomic E-state index is 10.8. The topological polar surface area (TPSA) is 134 Å². The maximum absolute atomic E-state index is 10.8. The van der Waals surface area contributed by atoms with E-state index in [9.17, 15) is 9.90 Å². The van der Waals surface area contributed by atoms with Gasteiger partial charge in [0.1, 0.15) is 12.2 Å². The molecule has 1 unspecified atom stereocenters. The van der Waals surface area contributed by atoms with Crippen molar-refractivity contribution in [2.75, 3.05) is 6.61 Å². The van der Waals surface area contributed by atoms with Crippen LogP contribution < -0.4 is 5.73 Å². The van der Waals surface area contributed by atoms with Gasteiger partial charge in [0.2, 0.25) is 5.82 Å². The van der Waals surface area contributed by atoms with Gasteiger partial charge in [-0.3, -0.25) is 9.89 Å². The Morgan fingerprint density at radius 3 is 2.94 bits per heavy atom. The monoisotopic (exact) mass is 228 g/mol. The average molecular weight is 228 g/mol. The van der Waals surface area contributed by atoms with Crippen LogP contribution in [-0.2, 0) is 4.74 Å². The minimum Gasteiger partial charge on any atom is -0.394 e. The van der Waals surface area contributed by atoms with Gasteiger partial charge in [0.25, 0.3) is 5.91 Å². The first-order valence-corrected chi connectivity index (χ1v) is 4.78. The van der Waals surface area contributed by atoms with Gasteiger partial charge in [-0.2, -0.15) is 0 Å². The summed E-state index contributed by atoms with van der Waals surface area (Å²) in [6.07, 6.45) is -1.60. The molecule has 8 nitrogen and oxygen atoms in total. The number of aliphatic hydroxyl groups excluding tert-OH is 2. The smallest absolute Gasteiger partial charge is 0.288 e. The number of primary amides is 1. The van der Waals surface area contributed by atoms with E-state index in [2.05, 4.69) is 15.2 Å². The molecule has 0 aliphatic carbocycles. The highest BCUT2D eigenvalue weighted by Gasteiger charge is 2.36. The number of nitrogens with two attached hydrogens (primary N) is 1. The van der Waals surface area contributed by atoms with Crippen LogP contribution in [-0.4, -0.2) is 50.1 Å². The van der Waals surface area contributed by atoms with Gasteiger partial charge >= 0.3 is 0 Å². The van der Waals surface area contributed by atoms with Gasteiger partial charge < -0.3 is 20.7 Å². The maximum Gasteiger partial charge on any atom is 0.288 e. The number of carbonyl (C=O) groups is 1. The largest absolute Gasteiger partial charge is 0.394 e. The lowest BCUT2D eigenvalue weighted by molar-refractivity contribution is -0.0246. The Labute approximate surface area is 90.4 Å². The van der Waals surface area contributed by atoms with Gasteiger partial charge in [0.05, 0.1) is 12.7 Å². The first-order chi connectivity index (χ1) is 7.61. The Morgan fingerprint density at radius 2 is 2.44 bits per heavy atom. The normalized spacial score (nSPS) is 29.5. The molecule has 2 heterocycles. The van der Waals surface area contributed by atoms with Gasteiger partial charge in [-0.15, -0.1) is 5.10 Å². The molecule has 3 atom stereocenters. The molecule has 1 aromatic heterocycles. The van der Waals surface area contributed by atoms with E-state index in [1.54, 1.807) is 0 Å². The number of aromatic amines is 1. The van der Waals surface area contributed by atoms with Crippen LogP contribution >= 0.6 is 0 Å². The Morgan fingerprint density at radius 1 is 1.69 bits per heavy atom. The van der Waals surface area contributed by atoms with E-state index in [0.717, 1.165) is 0 Å². The highest BCUT2D eigenvalue weighted by Crippen LogP contribution is 2.30. The summed E-state index contributed by atoms with van der Waals surface area (Å²) in [7, 11) is 0. The third-order valence-electron chi connectivity index (χ3n) is 2.43. The summed E-state index contributed by atoms with van der Waals surface area (Å²) in [5, 5.41) is 24.5. The summed E-state index contributed by atoms with van der Waals surface area (Å²) in [6.45, 7) is -0.269. The number of ether oxygens (including phenoxy) is 1. The van der Waals surface area contributed by atoms with Crippen LogP contribution in [0.15, 0.2) is 0 Å². The highest BCUT2D eigenvalue weighted by molar-refractivity contribution is 5.88. The molecule has 5 N–H and O–H groups in total. The van der Waals surface area contributed by atoms with E-state index in [1.165, 1.54) is 0 Å². The molecule has 88 valence electrons. The Balaban J connectivity index is 2.11. The molecule has 0 radical (unpaired) electrons. The second-order valence-corrected chi connectivity index (χ2v) is 3.56. The predicted molar refractivity (Wildman–Crippen MR) is 50.2 cm³/mol. The molecule has 0 spiro atoms. The number of aliphatic hydroxyl groups is 2. The predicted octanol–water partition coefficient (Wildman–Crippen LogP) is -1.91. The van der Waals surface area contributed by atoms with Crippen LogP contribution in [0.2, 0.25) is 0 Å². The molecule has 2 rings (SSSR count). The summed E-state index contributed by atoms with van der Waals surface area (Å²) in [5.41, 5.74) is 4.99. The molecule has 16 heavy (non-hydrogen) atoms. The lowest BCUT2D eigenvalue weighted by atomic mass is 10.1. The van der Waals surface area contributed by atoms with Crippen molar-refractivity contribution in [3.05, 3.63) is 11.6 Å². The van der Waals surface area contributed by atoms with Gasteiger partial charge in [-0.25, -0.2) is 4.98 Å². The van der Waals surface area contributed by atoms with E-state index >= 15 is 0 Å². The zero-order valence-electron chi connectivity index (χ0n) is 8.33. The van der Waals surface area contributed by atoms with Crippen molar-refractivity contribution in [2.24, 2.45) is 5.73 Å². The van der Waals surface area contributed by atoms with Gasteiger partial charge in [0.15, 0.2) is 5.82 Å². The summed E-state index contributed by atoms with van der Waals surface area (Å²) in [6, 6.07) is 0. The fourth-order valence-corrected chi connectivity index (χ4v) is 1.60. The number of aromatic nitrogens is 3. The van der Waals surface area contributed by atoms with Gasteiger partial charge in [-0.05, 0) is 0 Å². The third kappa shape index (κ3) is 1.90. The van der Waals surface area contributed by atoms with Crippen molar-refractivity contribution < 1.29 is 19.7 Å². The molecule has 1 saturated heterocycles. The van der Waals surface area contributed by atoms with E-state index in [4.69, 9.17) is 15.6 Å². The van der Waals surface area contributed by atoms with Crippen LogP contribution in [0.4, 0.5) is 0 Å². The van der Waals surface area contributed by atoms with Crippen LogP contribution in [0.3, 0.4) is 0 Å². The molecule has 1 fully saturated rings. The number of hydrogen-bond donors (Lipinski definition) is 4. The van der Waals surface area contributed by atoms with Crippen molar-refractivity contribution in [3.63, 3.8) is 0 Å². The zero-order valence-corrected chi connectivity index (χ0v) is 8.33. The van der Waals surface area contributed by atoms with Crippen molar-refractivity contribution in [3.8, 4) is 0 Å². The van der Waals surface area contributed by atoms with Crippen LogP contribution in [0.5, 0.6) is 0 Å². The quantitative estimate of drug-likeness (QED) is 0.476. The lowest BCUT2D eigenvalue weighted by Crippen LogP contribution is -2.24. The lowest BCUT2D eigenvalue weighted by Gasteiger charge is -2.09. The van der Waals surface area contributed by atoms with Gasteiger partial charge in [0, 0.05) is 6.42 Å². The number of H-pyrrole nitrogens is 1. The number of hydrogen-bond acceptors (Lipinski definition) is 6. The molecular formula is C8H12N4O4. The molecule has 0 bridgehead atoms. The van der Waals surface area contributed by atoms with E-state index in [1.807, 2.05) is 0 Å². The molecule has 0 saturated carbocycles. The minimum atomic E-state index is -0.753. The van der Waals surface area contributed by atoms with Crippen molar-refractivity contribution >= 4 is 5.91 Å². The first-order valence-electron chi connectivity index (χ1n) is 4.78. The Hall–Kier alpha value is -1.51. The fourth-order valence-electron chi connectivity index (χ4n) is 1.60. The second-order valence-electron chi connectivity index (χ2n) is 3.56. The number of amides is 1. The first kappa shape index (κ1) is 11.0. The molecule has 1 amide bonds. The standard InChI is InChI=1S/C8H12N4O4/c9-6(15)8-10-7(11-12-8)4-1-3(14)5(2-13)16-4/h3-5,13-14H,1-2H2,(H2,9,15)(H,10,11,12)/t3-,4?,5+/m0/s1. The average Bonchev–Trinajstić information content (AvgIpc) is 2.83. The Kier molecular flexibility index (Phi) is 2.86. The van der Waals surface area contributed by atoms with E-state index < -0.39 is 24.2 Å². The van der Waals surface area contributed by atoms with Crippen molar-refractivity contribution in [1.29, 1.82) is 0 Å². The Bertz CT molecular complexity index is 393. The summed E-state index contributed by atoms with van der Waals surface area (Å²) < 4.78 is 5.32. The summed E-state index contributed by atoms with van der Waals surface area (Å²) in [4.78, 5) is 14.6. The van der Waals surface area contributed by atoms with E-state index in [0.29, 0.717) is 12.2 Å². The zero-order chi connectivity index (χ0) is 11.7. The molecule has 8 heteroatoms. The van der Waals surface area contributed by atoms with Crippen LogP contribution in [0.1, 0.15) is 29.0 Å². The molecular weight excluding hydrogens is 216 g/mol. The molecule has 0 aromatic carbocycles. The number of rotatable bonds is 3. The molecule has 1 aliphatic heterocycles. The van der Waals surface area contributed by atoms with E-state index in [-0.39, 0.29) is 12.4 Å². The second kappa shape index (κ2) is 4.16. The fraction of sp³-hybridized carbons (Fsp3) is 0.625. The van der Waals surface area contributed by atoms with Crippen LogP contribution in [0.25, 0.3) is 0 Å². The van der Waals surface area contributed by atoms with Gasteiger partial charge in [-0.1, -0.05) is 0 Å². The third-order valence-corrected chi connectivity index (χ3v) is 2.43. The SMILES string of the molecule is NC(=O)c1n[nH]c(C2C[C@H](O)[C@@H](CO)O2)n1. The number of carbonyl (C=O) groups excluding carboxylic acids is 1. The molecule has 1 aromatic rings. The summed E-state index contributed by atoms with van der Waals surface area (Å²) in [5.74, 6) is -0.538. The molecule has 1 aliphatic rings. The minimum absolute atomic E-state index is 0.125. The highest BCUT2D eigenvalue weighted by atomic mass is 16.5. The van der Waals surface area contributed by atoms with Crippen molar-refractivity contribution in [1.82, 2.24) is 15.2 Å². The number of nitrogens with zero attached hydrogens (tertiary/aromatic N) is 2. The van der Waals surface area contributed by atoms with Crippen LogP contribution in [0, 0.1) is 0 Å².